The van der Waals surface area contributed by atoms with Gasteiger partial charge in [0.05, 0.1) is 39.3 Å². The Hall–Kier alpha value is -4.46. The Balaban J connectivity index is 1.51. The van der Waals surface area contributed by atoms with Crippen molar-refractivity contribution in [2.45, 2.75) is 40.3 Å². The number of hydrogen-bond donors (Lipinski definition) is 1. The minimum Gasteiger partial charge on any atom is -0.491 e. The van der Waals surface area contributed by atoms with Gasteiger partial charge in [0.15, 0.2) is 0 Å². The number of halogens is 1. The molecule has 5 rings (SSSR count). The van der Waals surface area contributed by atoms with Gasteiger partial charge in [0.1, 0.15) is 35.6 Å². The van der Waals surface area contributed by atoms with Gasteiger partial charge in [0.2, 0.25) is 0 Å². The van der Waals surface area contributed by atoms with Crippen molar-refractivity contribution < 1.29 is 19.4 Å². The number of thiophene rings is 1. The third kappa shape index (κ3) is 5.34. The minimum absolute atomic E-state index is 0.116. The van der Waals surface area contributed by atoms with E-state index in [1.165, 1.54) is 15.9 Å². The van der Waals surface area contributed by atoms with Gasteiger partial charge in [0, 0.05) is 27.2 Å². The monoisotopic (exact) mass is 588 g/mol. The predicted molar refractivity (Wildman–Crippen MR) is 158 cm³/mol. The van der Waals surface area contributed by atoms with E-state index in [9.17, 15) is 20.0 Å². The number of nitriles is 1. The molecule has 0 aliphatic carbocycles. The van der Waals surface area contributed by atoms with Gasteiger partial charge in [-0.1, -0.05) is 11.6 Å². The number of pyridine rings is 1. The highest BCUT2D eigenvalue weighted by Gasteiger charge is 2.20. The van der Waals surface area contributed by atoms with Gasteiger partial charge in [-0.15, -0.1) is 11.3 Å². The maximum absolute atomic E-state index is 13.6. The summed E-state index contributed by atoms with van der Waals surface area (Å²) in [5.74, 6) is 0.284. The topological polar surface area (TPSA) is 127 Å². The van der Waals surface area contributed by atoms with Crippen LogP contribution in [0.3, 0.4) is 0 Å². The second-order valence-corrected chi connectivity index (χ2v) is 11.0. The number of carboxylic acid groups (broad SMARTS) is 1. The summed E-state index contributed by atoms with van der Waals surface area (Å²) < 4.78 is 14.1. The molecule has 9 nitrogen and oxygen atoms in total. The predicted octanol–water partition coefficient (Wildman–Crippen LogP) is 6.38. The van der Waals surface area contributed by atoms with E-state index >= 15 is 0 Å². The van der Waals surface area contributed by atoms with Crippen LogP contribution in [0.1, 0.15) is 41.3 Å². The standard InChI is InChI=1S/C30H25ClN4O5S/c1-15(2)40-25-8-6-23-26(21(25)13-32)29(36)35(17(4)34-23)9-10-39-24-7-5-18(31)12-19(24)20-11-16(3)33-27-22(30(37)38)14-41-28(20)27/h5-8,11-12,14-15H,9-10H2,1-4H3,(H,37,38). The Morgan fingerprint density at radius 2 is 1.90 bits per heavy atom. The van der Waals surface area contributed by atoms with Gasteiger partial charge >= 0.3 is 5.97 Å². The van der Waals surface area contributed by atoms with Crippen LogP contribution in [-0.2, 0) is 6.54 Å². The van der Waals surface area contributed by atoms with Gasteiger partial charge in [0.25, 0.3) is 5.56 Å². The number of nitrogens with zero attached hydrogens (tertiary/aromatic N) is 4. The van der Waals surface area contributed by atoms with Gasteiger partial charge in [-0.3, -0.25) is 14.3 Å². The first-order valence-corrected chi connectivity index (χ1v) is 14.0. The van der Waals surface area contributed by atoms with E-state index in [4.69, 9.17) is 21.1 Å². The lowest BCUT2D eigenvalue weighted by Crippen LogP contribution is -2.27. The van der Waals surface area contributed by atoms with E-state index in [-0.39, 0.29) is 41.3 Å². The van der Waals surface area contributed by atoms with Crippen LogP contribution in [0.25, 0.3) is 32.2 Å². The molecule has 0 unspecified atom stereocenters. The van der Waals surface area contributed by atoms with Crippen LogP contribution >= 0.6 is 22.9 Å². The summed E-state index contributed by atoms with van der Waals surface area (Å²) in [4.78, 5) is 34.3. The van der Waals surface area contributed by atoms with Gasteiger partial charge in [-0.25, -0.2) is 9.78 Å². The lowest BCUT2D eigenvalue weighted by atomic mass is 10.0. The van der Waals surface area contributed by atoms with Crippen LogP contribution in [0.2, 0.25) is 5.02 Å². The molecule has 3 aromatic heterocycles. The Labute approximate surface area is 244 Å². The molecule has 5 aromatic rings. The van der Waals surface area contributed by atoms with Crippen molar-refractivity contribution in [2.24, 2.45) is 0 Å². The molecule has 0 aliphatic rings. The first-order valence-electron chi connectivity index (χ1n) is 12.7. The summed E-state index contributed by atoms with van der Waals surface area (Å²) in [6.45, 7) is 7.51. The van der Waals surface area contributed by atoms with Crippen molar-refractivity contribution in [2.75, 3.05) is 6.61 Å². The van der Waals surface area contributed by atoms with Gasteiger partial charge < -0.3 is 14.6 Å². The normalized spacial score (nSPS) is 11.2. The number of benzene rings is 2. The third-order valence-electron chi connectivity index (χ3n) is 6.44. The fourth-order valence-corrected chi connectivity index (χ4v) is 5.88. The highest BCUT2D eigenvalue weighted by Crippen LogP contribution is 2.40. The van der Waals surface area contributed by atoms with Gasteiger partial charge in [-0.05, 0) is 64.1 Å². The second kappa shape index (κ2) is 11.2. The number of fused-ring (bicyclic) bond motifs is 2. The fourth-order valence-electron chi connectivity index (χ4n) is 4.70. The van der Waals surface area contributed by atoms with Crippen LogP contribution in [0.15, 0.2) is 46.6 Å². The molecule has 0 aliphatic heterocycles. The van der Waals surface area contributed by atoms with E-state index in [1.807, 2.05) is 19.9 Å². The van der Waals surface area contributed by atoms with E-state index in [0.29, 0.717) is 49.3 Å². The molecule has 3 heterocycles. The molecule has 0 radical (unpaired) electrons. The lowest BCUT2D eigenvalue weighted by Gasteiger charge is -2.16. The summed E-state index contributed by atoms with van der Waals surface area (Å²) in [7, 11) is 0. The molecule has 2 aromatic carbocycles. The smallest absolute Gasteiger partial charge is 0.338 e. The number of hydrogen-bond acceptors (Lipinski definition) is 8. The quantitative estimate of drug-likeness (QED) is 0.221. The molecule has 41 heavy (non-hydrogen) atoms. The Morgan fingerprint density at radius 3 is 2.61 bits per heavy atom. The van der Waals surface area contributed by atoms with Crippen LogP contribution in [0.5, 0.6) is 11.5 Å². The summed E-state index contributed by atoms with van der Waals surface area (Å²) in [5.41, 5.74) is 2.83. The minimum atomic E-state index is -1.05. The number of aromatic nitrogens is 3. The summed E-state index contributed by atoms with van der Waals surface area (Å²) in [6.07, 6.45) is -0.169. The number of carboxylic acids is 1. The number of rotatable bonds is 8. The van der Waals surface area contributed by atoms with E-state index in [2.05, 4.69) is 16.0 Å². The maximum atomic E-state index is 13.6. The first kappa shape index (κ1) is 28.1. The molecule has 0 amide bonds. The van der Waals surface area contributed by atoms with E-state index in [0.717, 1.165) is 5.56 Å². The average Bonchev–Trinajstić information content (AvgIpc) is 3.34. The van der Waals surface area contributed by atoms with Crippen molar-refractivity contribution in [3.05, 3.63) is 79.8 Å². The number of carbonyl (C=O) groups is 1. The second-order valence-electron chi connectivity index (χ2n) is 9.66. The largest absolute Gasteiger partial charge is 0.491 e. The van der Waals surface area contributed by atoms with Crippen molar-refractivity contribution in [3.63, 3.8) is 0 Å². The molecule has 0 atom stereocenters. The number of ether oxygens (including phenoxy) is 2. The van der Waals surface area contributed by atoms with Crippen molar-refractivity contribution in [1.29, 1.82) is 5.26 Å². The van der Waals surface area contributed by atoms with Crippen molar-refractivity contribution in [3.8, 4) is 28.7 Å². The molecule has 208 valence electrons. The van der Waals surface area contributed by atoms with Gasteiger partial charge in [-0.2, -0.15) is 5.26 Å². The molecular formula is C30H25ClN4O5S. The molecule has 0 saturated carbocycles. The van der Waals surface area contributed by atoms with Crippen LogP contribution < -0.4 is 15.0 Å². The zero-order chi connectivity index (χ0) is 29.4. The Kier molecular flexibility index (Phi) is 7.67. The van der Waals surface area contributed by atoms with E-state index < -0.39 is 5.97 Å². The summed E-state index contributed by atoms with van der Waals surface area (Å²) in [6, 6.07) is 12.5. The van der Waals surface area contributed by atoms with Crippen molar-refractivity contribution in [1.82, 2.24) is 14.5 Å². The molecule has 0 fully saturated rings. The summed E-state index contributed by atoms with van der Waals surface area (Å²) in [5, 5.41) is 21.7. The molecule has 0 saturated heterocycles. The zero-order valence-electron chi connectivity index (χ0n) is 22.7. The molecule has 11 heteroatoms. The SMILES string of the molecule is Cc1cc(-c2cc(Cl)ccc2OCCn2c(C)nc3ccc(OC(C)C)c(C#N)c3c2=O)c2scc(C(=O)O)c2n1. The maximum Gasteiger partial charge on any atom is 0.338 e. The van der Waals surface area contributed by atoms with Crippen LogP contribution in [0, 0.1) is 25.2 Å². The highest BCUT2D eigenvalue weighted by molar-refractivity contribution is 7.18. The number of aryl methyl sites for hydroxylation is 2. The third-order valence-corrected chi connectivity index (χ3v) is 7.67. The molecular weight excluding hydrogens is 564 g/mol. The lowest BCUT2D eigenvalue weighted by molar-refractivity contribution is 0.0699. The van der Waals surface area contributed by atoms with E-state index in [1.54, 1.807) is 49.6 Å². The first-order chi connectivity index (χ1) is 19.6. The fraction of sp³-hybridized carbons (Fsp3) is 0.233. The average molecular weight is 589 g/mol. The molecule has 0 spiro atoms. The van der Waals surface area contributed by atoms with Crippen molar-refractivity contribution >= 4 is 50.0 Å². The number of aromatic carboxylic acids is 1. The van der Waals surface area contributed by atoms with Crippen LogP contribution in [-0.4, -0.2) is 38.3 Å². The molecule has 0 bridgehead atoms. The van der Waals surface area contributed by atoms with Crippen LogP contribution in [0.4, 0.5) is 0 Å². The Bertz CT molecular complexity index is 1940. The zero-order valence-corrected chi connectivity index (χ0v) is 24.3. The Morgan fingerprint density at radius 1 is 1.15 bits per heavy atom. The highest BCUT2D eigenvalue weighted by atomic mass is 35.5. The summed E-state index contributed by atoms with van der Waals surface area (Å²) >= 11 is 7.65. The molecule has 1 N–H and O–H groups in total.